The van der Waals surface area contributed by atoms with Crippen molar-refractivity contribution in [3.63, 3.8) is 0 Å². The summed E-state index contributed by atoms with van der Waals surface area (Å²) in [5.74, 6) is -0.598. The number of aryl methyl sites for hydroxylation is 1. The third-order valence-electron chi connectivity index (χ3n) is 2.91. The molecule has 0 saturated carbocycles. The van der Waals surface area contributed by atoms with Gasteiger partial charge in [-0.05, 0) is 25.0 Å². The lowest BCUT2D eigenvalue weighted by atomic mass is 10.2. The monoisotopic (exact) mass is 282 g/mol. The fraction of sp³-hybridized carbons (Fsp3) is 0.231. The van der Waals surface area contributed by atoms with Crippen LogP contribution in [0, 0.1) is 12.7 Å². The van der Waals surface area contributed by atoms with Crippen LogP contribution in [0.15, 0.2) is 27.8 Å². The van der Waals surface area contributed by atoms with Crippen LogP contribution in [0.5, 0.6) is 0 Å². The Balaban J connectivity index is 2.88. The molecule has 2 aromatic rings. The number of hydrogen-bond acceptors (Lipinski definition) is 2. The summed E-state index contributed by atoms with van der Waals surface area (Å²) in [6.45, 7) is 3.30. The average molecular weight is 283 g/mol. The van der Waals surface area contributed by atoms with Crippen molar-refractivity contribution >= 4 is 11.6 Å². The largest absolute Gasteiger partial charge is 0.334 e. The van der Waals surface area contributed by atoms with Crippen LogP contribution in [-0.2, 0) is 6.42 Å². The fourth-order valence-corrected chi connectivity index (χ4v) is 2.17. The van der Waals surface area contributed by atoms with E-state index in [4.69, 9.17) is 11.6 Å². The van der Waals surface area contributed by atoms with Crippen LogP contribution < -0.4 is 11.2 Å². The van der Waals surface area contributed by atoms with Gasteiger partial charge in [0.05, 0.1) is 11.3 Å². The Morgan fingerprint density at radius 1 is 1.37 bits per heavy atom. The highest BCUT2D eigenvalue weighted by molar-refractivity contribution is 6.30. The lowest BCUT2D eigenvalue weighted by Crippen LogP contribution is -2.36. The second kappa shape index (κ2) is 5.01. The van der Waals surface area contributed by atoms with E-state index in [-0.39, 0.29) is 16.4 Å². The number of rotatable bonds is 2. The molecule has 0 aliphatic rings. The van der Waals surface area contributed by atoms with Crippen molar-refractivity contribution in [2.75, 3.05) is 0 Å². The molecule has 0 aliphatic heterocycles. The molecule has 0 aliphatic carbocycles. The molecule has 4 nitrogen and oxygen atoms in total. The van der Waals surface area contributed by atoms with Crippen molar-refractivity contribution in [2.45, 2.75) is 20.3 Å². The highest BCUT2D eigenvalue weighted by Crippen LogP contribution is 2.15. The zero-order chi connectivity index (χ0) is 14.2. The van der Waals surface area contributed by atoms with Gasteiger partial charge in [0.15, 0.2) is 0 Å². The third kappa shape index (κ3) is 2.21. The van der Waals surface area contributed by atoms with Gasteiger partial charge in [-0.25, -0.2) is 13.8 Å². The maximum atomic E-state index is 14.0. The van der Waals surface area contributed by atoms with Crippen molar-refractivity contribution in [1.29, 1.82) is 0 Å². The van der Waals surface area contributed by atoms with Gasteiger partial charge in [0.2, 0.25) is 0 Å². The van der Waals surface area contributed by atoms with Gasteiger partial charge in [0.25, 0.3) is 5.56 Å². The first-order valence-electron chi connectivity index (χ1n) is 5.76. The van der Waals surface area contributed by atoms with Gasteiger partial charge in [0.1, 0.15) is 11.0 Å². The number of nitrogens with zero attached hydrogens (tertiary/aromatic N) is 1. The lowest BCUT2D eigenvalue weighted by molar-refractivity contribution is 0.603. The van der Waals surface area contributed by atoms with Crippen LogP contribution in [0.2, 0.25) is 5.15 Å². The molecule has 100 valence electrons. The van der Waals surface area contributed by atoms with Crippen molar-refractivity contribution in [3.05, 3.63) is 61.1 Å². The van der Waals surface area contributed by atoms with Gasteiger partial charge in [-0.1, -0.05) is 30.7 Å². The predicted octanol–water partition coefficient (Wildman–Crippen LogP) is 2.19. The summed E-state index contributed by atoms with van der Waals surface area (Å²) in [7, 11) is 0. The van der Waals surface area contributed by atoms with Gasteiger partial charge in [-0.3, -0.25) is 9.78 Å². The maximum Gasteiger partial charge on any atom is 0.334 e. The first kappa shape index (κ1) is 13.5. The van der Waals surface area contributed by atoms with Crippen LogP contribution in [0.1, 0.15) is 18.1 Å². The number of hydrogen-bond donors (Lipinski definition) is 1. The maximum absolute atomic E-state index is 14.0. The minimum absolute atomic E-state index is 0.00168. The van der Waals surface area contributed by atoms with Gasteiger partial charge in [0, 0.05) is 0 Å². The van der Waals surface area contributed by atoms with E-state index in [0.717, 1.165) is 4.57 Å². The normalized spacial score (nSPS) is 10.7. The number of aromatic nitrogens is 2. The molecule has 2 rings (SSSR count). The number of H-pyrrole nitrogens is 1. The summed E-state index contributed by atoms with van der Waals surface area (Å²) in [6, 6.07) is 4.53. The fourth-order valence-electron chi connectivity index (χ4n) is 1.88. The Kier molecular flexibility index (Phi) is 3.57. The lowest BCUT2D eigenvalue weighted by Gasteiger charge is -2.09. The molecule has 1 aromatic heterocycles. The number of nitrogens with one attached hydrogen (secondary N) is 1. The quantitative estimate of drug-likeness (QED) is 0.859. The highest BCUT2D eigenvalue weighted by atomic mass is 35.5. The molecule has 19 heavy (non-hydrogen) atoms. The van der Waals surface area contributed by atoms with Crippen LogP contribution >= 0.6 is 11.6 Å². The van der Waals surface area contributed by atoms with E-state index in [9.17, 15) is 14.0 Å². The topological polar surface area (TPSA) is 54.9 Å². The van der Waals surface area contributed by atoms with Crippen LogP contribution in [-0.4, -0.2) is 9.55 Å². The second-order valence-corrected chi connectivity index (χ2v) is 4.50. The minimum Gasteiger partial charge on any atom is -0.297 e. The Hall–Kier alpha value is -1.88. The summed E-state index contributed by atoms with van der Waals surface area (Å²) in [5.41, 5.74) is -0.811. The van der Waals surface area contributed by atoms with Crippen molar-refractivity contribution in [2.24, 2.45) is 0 Å². The van der Waals surface area contributed by atoms with Gasteiger partial charge < -0.3 is 0 Å². The zero-order valence-corrected chi connectivity index (χ0v) is 11.2. The van der Waals surface area contributed by atoms with E-state index in [2.05, 4.69) is 4.98 Å². The molecule has 0 unspecified atom stereocenters. The van der Waals surface area contributed by atoms with E-state index < -0.39 is 17.1 Å². The van der Waals surface area contributed by atoms with Gasteiger partial charge in [-0.2, -0.15) is 0 Å². The smallest absolute Gasteiger partial charge is 0.297 e. The molecule has 1 N–H and O–H groups in total. The van der Waals surface area contributed by atoms with Crippen molar-refractivity contribution < 1.29 is 4.39 Å². The molecule has 0 saturated heterocycles. The second-order valence-electron chi connectivity index (χ2n) is 4.12. The van der Waals surface area contributed by atoms with Gasteiger partial charge in [-0.15, -0.1) is 0 Å². The molecule has 1 aromatic carbocycles. The Morgan fingerprint density at radius 2 is 2.05 bits per heavy atom. The molecule has 0 amide bonds. The Labute approximate surface area is 113 Å². The zero-order valence-electron chi connectivity index (χ0n) is 10.5. The molecule has 0 radical (unpaired) electrons. The number of benzene rings is 1. The number of halogens is 2. The molecular weight excluding hydrogens is 271 g/mol. The summed E-state index contributed by atoms with van der Waals surface area (Å²) in [4.78, 5) is 26.4. The van der Waals surface area contributed by atoms with E-state index in [0.29, 0.717) is 12.0 Å². The van der Waals surface area contributed by atoms with E-state index in [1.54, 1.807) is 26.0 Å². The van der Waals surface area contributed by atoms with Crippen molar-refractivity contribution in [1.82, 2.24) is 9.55 Å². The minimum atomic E-state index is -0.753. The third-order valence-corrected chi connectivity index (χ3v) is 3.23. The highest BCUT2D eigenvalue weighted by Gasteiger charge is 2.16. The standard InChI is InChI=1S/C13H12ClFN2O2/c1-3-8-11(14)16-13(19)17(12(8)18)9-6-4-5-7(2)10(9)15/h4-6H,3H2,1-2H3,(H,16,19). The molecular formula is C13H12ClFN2O2. The Morgan fingerprint density at radius 3 is 2.68 bits per heavy atom. The Bertz CT molecular complexity index is 749. The van der Waals surface area contributed by atoms with E-state index in [1.807, 2.05) is 0 Å². The molecule has 6 heteroatoms. The molecule has 0 fully saturated rings. The molecule has 0 atom stereocenters. The van der Waals surface area contributed by atoms with Crippen LogP contribution in [0.25, 0.3) is 5.69 Å². The summed E-state index contributed by atoms with van der Waals surface area (Å²) < 4.78 is 14.8. The van der Waals surface area contributed by atoms with Gasteiger partial charge >= 0.3 is 5.69 Å². The number of aromatic amines is 1. The van der Waals surface area contributed by atoms with Crippen molar-refractivity contribution in [3.8, 4) is 5.69 Å². The first-order valence-corrected chi connectivity index (χ1v) is 6.14. The first-order chi connectivity index (χ1) is 8.97. The molecule has 0 spiro atoms. The molecule has 0 bridgehead atoms. The summed E-state index contributed by atoms with van der Waals surface area (Å²) in [6.07, 6.45) is 0.349. The average Bonchev–Trinajstić information content (AvgIpc) is 2.34. The van der Waals surface area contributed by atoms with Crippen LogP contribution in [0.4, 0.5) is 4.39 Å². The molecule has 1 heterocycles. The predicted molar refractivity (Wildman–Crippen MR) is 71.7 cm³/mol. The van der Waals surface area contributed by atoms with E-state index in [1.165, 1.54) is 6.07 Å². The summed E-state index contributed by atoms with van der Waals surface area (Å²) >= 11 is 5.80. The summed E-state index contributed by atoms with van der Waals surface area (Å²) in [5, 5.41) is 0.00168. The van der Waals surface area contributed by atoms with Crippen LogP contribution in [0.3, 0.4) is 0 Å². The SMILES string of the molecule is CCc1c(Cl)[nH]c(=O)n(-c2cccc(C)c2F)c1=O. The van der Waals surface area contributed by atoms with E-state index >= 15 is 0 Å².